The zero-order valence-electron chi connectivity index (χ0n) is 10.4. The monoisotopic (exact) mass is 258 g/mol. The van der Waals surface area contributed by atoms with Gasteiger partial charge in [0.15, 0.2) is 0 Å². The van der Waals surface area contributed by atoms with Crippen LogP contribution in [-0.4, -0.2) is 29.0 Å². The van der Waals surface area contributed by atoms with Gasteiger partial charge in [-0.1, -0.05) is 17.3 Å². The quantitative estimate of drug-likeness (QED) is 0.448. The minimum absolute atomic E-state index is 0.288. The molecule has 0 aliphatic heterocycles. The van der Waals surface area contributed by atoms with Crippen molar-refractivity contribution < 1.29 is 10.0 Å². The Bertz CT molecular complexity index is 625. The van der Waals surface area contributed by atoms with Gasteiger partial charge in [0, 0.05) is 18.1 Å². The first-order valence-corrected chi connectivity index (χ1v) is 5.85. The molecule has 19 heavy (non-hydrogen) atoms. The maximum atomic E-state index is 11.5. The SMILES string of the molecule is CCNC(=O)Nc1nccc2cc(C=NO)ccc12. The lowest BCUT2D eigenvalue weighted by atomic mass is 10.1. The van der Waals surface area contributed by atoms with Crippen molar-refractivity contribution in [1.82, 2.24) is 10.3 Å². The Morgan fingerprint density at radius 1 is 1.47 bits per heavy atom. The third kappa shape index (κ3) is 2.98. The summed E-state index contributed by atoms with van der Waals surface area (Å²) in [6, 6.07) is 6.99. The van der Waals surface area contributed by atoms with Gasteiger partial charge in [-0.25, -0.2) is 9.78 Å². The zero-order chi connectivity index (χ0) is 13.7. The fraction of sp³-hybridized carbons (Fsp3) is 0.154. The number of pyridine rings is 1. The molecule has 0 unspecified atom stereocenters. The highest BCUT2D eigenvalue weighted by molar-refractivity contribution is 6.01. The summed E-state index contributed by atoms with van der Waals surface area (Å²) >= 11 is 0. The van der Waals surface area contributed by atoms with Crippen LogP contribution in [-0.2, 0) is 0 Å². The molecule has 2 rings (SSSR count). The molecule has 98 valence electrons. The second-order valence-electron chi connectivity index (χ2n) is 3.87. The Hall–Kier alpha value is -2.63. The highest BCUT2D eigenvalue weighted by Gasteiger charge is 2.06. The van der Waals surface area contributed by atoms with Crippen LogP contribution in [0, 0.1) is 0 Å². The molecule has 1 aromatic heterocycles. The summed E-state index contributed by atoms with van der Waals surface area (Å²) < 4.78 is 0. The van der Waals surface area contributed by atoms with Crippen molar-refractivity contribution in [2.75, 3.05) is 11.9 Å². The van der Waals surface area contributed by atoms with Crippen LogP contribution in [0.1, 0.15) is 12.5 Å². The van der Waals surface area contributed by atoms with Gasteiger partial charge in [0.1, 0.15) is 5.82 Å². The molecule has 6 nitrogen and oxygen atoms in total. The lowest BCUT2D eigenvalue weighted by Gasteiger charge is -2.08. The number of carbonyl (C=O) groups excluding carboxylic acids is 1. The highest BCUT2D eigenvalue weighted by atomic mass is 16.4. The molecule has 3 N–H and O–H groups in total. The van der Waals surface area contributed by atoms with Crippen LogP contribution >= 0.6 is 0 Å². The Kier molecular flexibility index (Phi) is 3.92. The zero-order valence-corrected chi connectivity index (χ0v) is 10.4. The topological polar surface area (TPSA) is 86.6 Å². The van der Waals surface area contributed by atoms with Crippen LogP contribution in [0.4, 0.5) is 10.6 Å². The van der Waals surface area contributed by atoms with Crippen molar-refractivity contribution >= 4 is 28.8 Å². The second-order valence-corrected chi connectivity index (χ2v) is 3.87. The van der Waals surface area contributed by atoms with E-state index in [0.717, 1.165) is 16.3 Å². The minimum Gasteiger partial charge on any atom is -0.411 e. The number of oxime groups is 1. The van der Waals surface area contributed by atoms with Crippen LogP contribution in [0.5, 0.6) is 0 Å². The molecule has 0 aliphatic carbocycles. The van der Waals surface area contributed by atoms with E-state index in [0.29, 0.717) is 12.4 Å². The van der Waals surface area contributed by atoms with E-state index in [2.05, 4.69) is 20.8 Å². The van der Waals surface area contributed by atoms with E-state index < -0.39 is 0 Å². The van der Waals surface area contributed by atoms with Crippen molar-refractivity contribution in [3.8, 4) is 0 Å². The Morgan fingerprint density at radius 3 is 3.05 bits per heavy atom. The molecule has 6 heteroatoms. The lowest BCUT2D eigenvalue weighted by molar-refractivity contribution is 0.252. The maximum Gasteiger partial charge on any atom is 0.320 e. The molecule has 2 amide bonds. The van der Waals surface area contributed by atoms with Crippen LogP contribution in [0.2, 0.25) is 0 Å². The van der Waals surface area contributed by atoms with Gasteiger partial charge in [-0.15, -0.1) is 0 Å². The van der Waals surface area contributed by atoms with Gasteiger partial charge in [-0.05, 0) is 30.0 Å². The predicted molar refractivity (Wildman–Crippen MR) is 73.8 cm³/mol. The van der Waals surface area contributed by atoms with Gasteiger partial charge >= 0.3 is 6.03 Å². The van der Waals surface area contributed by atoms with E-state index in [-0.39, 0.29) is 6.03 Å². The fourth-order valence-corrected chi connectivity index (χ4v) is 1.76. The molecule has 0 bridgehead atoms. The van der Waals surface area contributed by atoms with E-state index in [4.69, 9.17) is 5.21 Å². The van der Waals surface area contributed by atoms with Gasteiger partial charge in [-0.3, -0.25) is 5.32 Å². The number of nitrogens with one attached hydrogen (secondary N) is 2. The number of aromatic nitrogens is 1. The summed E-state index contributed by atoms with van der Waals surface area (Å²) in [5.74, 6) is 0.496. The number of rotatable bonds is 3. The molecule has 2 aromatic rings. The average molecular weight is 258 g/mol. The Balaban J connectivity index is 2.37. The number of urea groups is 1. The molecular weight excluding hydrogens is 244 g/mol. The number of hydrogen-bond donors (Lipinski definition) is 3. The summed E-state index contributed by atoms with van der Waals surface area (Å²) in [7, 11) is 0. The lowest BCUT2D eigenvalue weighted by Crippen LogP contribution is -2.28. The van der Waals surface area contributed by atoms with E-state index in [9.17, 15) is 4.79 Å². The van der Waals surface area contributed by atoms with Crippen LogP contribution in [0.3, 0.4) is 0 Å². The normalized spacial score (nSPS) is 10.8. The number of amides is 2. The number of anilines is 1. The summed E-state index contributed by atoms with van der Waals surface area (Å²) in [6.45, 7) is 2.39. The Morgan fingerprint density at radius 2 is 2.32 bits per heavy atom. The van der Waals surface area contributed by atoms with Gasteiger partial charge in [0.2, 0.25) is 0 Å². The summed E-state index contributed by atoms with van der Waals surface area (Å²) in [5, 5.41) is 18.6. The maximum absolute atomic E-state index is 11.5. The summed E-state index contributed by atoms with van der Waals surface area (Å²) in [6.07, 6.45) is 2.96. The average Bonchev–Trinajstić information content (AvgIpc) is 2.39. The van der Waals surface area contributed by atoms with E-state index >= 15 is 0 Å². The predicted octanol–water partition coefficient (Wildman–Crippen LogP) is 2.18. The molecule has 0 radical (unpaired) electrons. The standard InChI is InChI=1S/C13H14N4O2/c1-2-14-13(18)17-12-11-4-3-9(8-16-19)7-10(11)5-6-15-12/h3-8,19H,2H2,1H3,(H2,14,15,17,18). The molecule has 0 spiro atoms. The van der Waals surface area contributed by atoms with Crippen molar-refractivity contribution in [2.24, 2.45) is 5.16 Å². The van der Waals surface area contributed by atoms with Gasteiger partial charge < -0.3 is 10.5 Å². The molecule has 0 saturated carbocycles. The second kappa shape index (κ2) is 5.81. The van der Waals surface area contributed by atoms with Crippen LogP contribution < -0.4 is 10.6 Å². The minimum atomic E-state index is -0.288. The number of benzene rings is 1. The number of nitrogens with zero attached hydrogens (tertiary/aromatic N) is 2. The van der Waals surface area contributed by atoms with Gasteiger partial charge in [-0.2, -0.15) is 0 Å². The number of carbonyl (C=O) groups is 1. The molecule has 1 aromatic carbocycles. The largest absolute Gasteiger partial charge is 0.411 e. The summed E-state index contributed by atoms with van der Waals surface area (Å²) in [5.41, 5.74) is 0.769. The first kappa shape index (κ1) is 12.8. The molecule has 0 atom stereocenters. The molecular formula is C13H14N4O2. The van der Waals surface area contributed by atoms with Gasteiger partial charge in [0.25, 0.3) is 0 Å². The number of fused-ring (bicyclic) bond motifs is 1. The third-order valence-electron chi connectivity index (χ3n) is 2.56. The Labute approximate surface area is 110 Å². The molecule has 0 aliphatic rings. The van der Waals surface area contributed by atoms with Crippen LogP contribution in [0.15, 0.2) is 35.6 Å². The van der Waals surface area contributed by atoms with Crippen molar-refractivity contribution in [2.45, 2.75) is 6.92 Å². The highest BCUT2D eigenvalue weighted by Crippen LogP contribution is 2.21. The van der Waals surface area contributed by atoms with Crippen molar-refractivity contribution in [3.63, 3.8) is 0 Å². The smallest absolute Gasteiger partial charge is 0.320 e. The third-order valence-corrected chi connectivity index (χ3v) is 2.56. The molecule has 0 fully saturated rings. The first-order chi connectivity index (χ1) is 9.24. The van der Waals surface area contributed by atoms with Crippen molar-refractivity contribution in [1.29, 1.82) is 0 Å². The molecule has 1 heterocycles. The van der Waals surface area contributed by atoms with E-state index in [1.807, 2.05) is 25.1 Å². The summed E-state index contributed by atoms with van der Waals surface area (Å²) in [4.78, 5) is 15.7. The van der Waals surface area contributed by atoms with E-state index in [1.54, 1.807) is 12.3 Å². The van der Waals surface area contributed by atoms with Crippen molar-refractivity contribution in [3.05, 3.63) is 36.0 Å². The first-order valence-electron chi connectivity index (χ1n) is 5.85. The molecule has 0 saturated heterocycles. The van der Waals surface area contributed by atoms with E-state index in [1.165, 1.54) is 6.21 Å². The number of hydrogen-bond acceptors (Lipinski definition) is 4. The van der Waals surface area contributed by atoms with Gasteiger partial charge in [0.05, 0.1) is 6.21 Å². The fourth-order valence-electron chi connectivity index (χ4n) is 1.76. The van der Waals surface area contributed by atoms with Crippen LogP contribution in [0.25, 0.3) is 10.8 Å².